The summed E-state index contributed by atoms with van der Waals surface area (Å²) in [5, 5.41) is 0.714. The molecule has 0 saturated carbocycles. The molecular formula is C22H15NO4. The van der Waals surface area contributed by atoms with Gasteiger partial charge < -0.3 is 9.15 Å². The van der Waals surface area contributed by atoms with Gasteiger partial charge in [-0.25, -0.2) is 9.59 Å². The first-order valence-electron chi connectivity index (χ1n) is 8.39. The predicted octanol–water partition coefficient (Wildman–Crippen LogP) is 4.38. The number of pyridine rings is 1. The zero-order valence-corrected chi connectivity index (χ0v) is 14.5. The van der Waals surface area contributed by atoms with Gasteiger partial charge in [0.05, 0.1) is 16.8 Å². The zero-order chi connectivity index (χ0) is 18.8. The number of hydrogen-bond acceptors (Lipinski definition) is 5. The smallest absolute Gasteiger partial charge is 0.345 e. The third kappa shape index (κ3) is 3.35. The molecule has 0 saturated heterocycles. The number of nitrogens with zero attached hydrogens (tertiary/aromatic N) is 1. The quantitative estimate of drug-likeness (QED) is 0.309. The summed E-state index contributed by atoms with van der Waals surface area (Å²) >= 11 is 0. The van der Waals surface area contributed by atoms with Crippen LogP contribution in [0, 0.1) is 6.92 Å². The van der Waals surface area contributed by atoms with Crippen LogP contribution in [0.4, 0.5) is 0 Å². The van der Waals surface area contributed by atoms with E-state index in [2.05, 4.69) is 4.98 Å². The van der Waals surface area contributed by atoms with Gasteiger partial charge >= 0.3 is 11.6 Å². The van der Waals surface area contributed by atoms with Crippen molar-refractivity contribution in [2.75, 3.05) is 0 Å². The average molecular weight is 357 g/mol. The average Bonchev–Trinajstić information content (AvgIpc) is 2.68. The molecule has 0 atom stereocenters. The van der Waals surface area contributed by atoms with Crippen LogP contribution in [0.1, 0.15) is 15.9 Å². The Morgan fingerprint density at radius 3 is 2.59 bits per heavy atom. The second-order valence-electron chi connectivity index (χ2n) is 6.07. The summed E-state index contributed by atoms with van der Waals surface area (Å²) in [4.78, 5) is 28.9. The molecule has 0 bridgehead atoms. The van der Waals surface area contributed by atoms with Gasteiger partial charge in [-0.05, 0) is 48.9 Å². The van der Waals surface area contributed by atoms with Crippen molar-refractivity contribution in [3.63, 3.8) is 0 Å². The molecule has 27 heavy (non-hydrogen) atoms. The lowest BCUT2D eigenvalue weighted by atomic mass is 10.1. The van der Waals surface area contributed by atoms with Crippen molar-refractivity contribution in [3.8, 4) is 17.0 Å². The molecule has 132 valence electrons. The molecule has 5 nitrogen and oxygen atoms in total. The van der Waals surface area contributed by atoms with Gasteiger partial charge in [0.15, 0.2) is 0 Å². The van der Waals surface area contributed by atoms with Gasteiger partial charge in [0.1, 0.15) is 11.3 Å². The highest BCUT2D eigenvalue weighted by Crippen LogP contribution is 2.24. The molecule has 0 fully saturated rings. The Hall–Kier alpha value is -3.73. The molecule has 2 aromatic carbocycles. The first kappa shape index (κ1) is 16.7. The van der Waals surface area contributed by atoms with Gasteiger partial charge in [0.2, 0.25) is 0 Å². The Balaban J connectivity index is 1.68. The third-order valence-corrected chi connectivity index (χ3v) is 4.22. The topological polar surface area (TPSA) is 69.4 Å². The van der Waals surface area contributed by atoms with Crippen molar-refractivity contribution < 1.29 is 13.9 Å². The van der Waals surface area contributed by atoms with Gasteiger partial charge in [-0.1, -0.05) is 24.3 Å². The highest BCUT2D eigenvalue weighted by Gasteiger charge is 2.13. The summed E-state index contributed by atoms with van der Waals surface area (Å²) in [6.45, 7) is 1.84. The fourth-order valence-corrected chi connectivity index (χ4v) is 2.82. The van der Waals surface area contributed by atoms with E-state index in [0.717, 1.165) is 5.56 Å². The first-order chi connectivity index (χ1) is 13.1. The Kier molecular flexibility index (Phi) is 4.26. The van der Waals surface area contributed by atoms with Gasteiger partial charge in [0, 0.05) is 17.6 Å². The Morgan fingerprint density at radius 2 is 1.81 bits per heavy atom. The number of aryl methyl sites for hydroxylation is 1. The molecule has 0 N–H and O–H groups in total. The zero-order valence-electron chi connectivity index (χ0n) is 14.5. The van der Waals surface area contributed by atoms with Crippen LogP contribution in [-0.2, 0) is 0 Å². The summed E-state index contributed by atoms with van der Waals surface area (Å²) in [7, 11) is 0. The van der Waals surface area contributed by atoms with E-state index in [1.165, 1.54) is 6.07 Å². The van der Waals surface area contributed by atoms with E-state index in [4.69, 9.17) is 9.15 Å². The van der Waals surface area contributed by atoms with Gasteiger partial charge in [0.25, 0.3) is 0 Å². The van der Waals surface area contributed by atoms with Crippen molar-refractivity contribution in [1.29, 1.82) is 0 Å². The van der Waals surface area contributed by atoms with Crippen LogP contribution in [0.5, 0.6) is 5.75 Å². The first-order valence-corrected chi connectivity index (χ1v) is 8.39. The molecule has 0 radical (unpaired) electrons. The molecule has 0 aliphatic rings. The maximum atomic E-state index is 12.4. The van der Waals surface area contributed by atoms with Crippen molar-refractivity contribution in [2.45, 2.75) is 6.92 Å². The molecule has 0 amide bonds. The Bertz CT molecular complexity index is 1200. The number of aromatic nitrogens is 1. The van der Waals surface area contributed by atoms with E-state index >= 15 is 0 Å². The highest BCUT2D eigenvalue weighted by molar-refractivity contribution is 5.93. The summed E-state index contributed by atoms with van der Waals surface area (Å²) in [5.41, 5.74) is 2.09. The maximum absolute atomic E-state index is 12.4. The molecule has 0 spiro atoms. The highest BCUT2D eigenvalue weighted by atomic mass is 16.5. The lowest BCUT2D eigenvalue weighted by molar-refractivity contribution is 0.0734. The summed E-state index contributed by atoms with van der Waals surface area (Å²) in [5.74, 6) is -0.149. The van der Waals surface area contributed by atoms with Crippen molar-refractivity contribution in [1.82, 2.24) is 4.98 Å². The second kappa shape index (κ2) is 6.88. The standard InChI is InChI=1S/C22H15NO4/c1-14-6-2-3-7-17(14)21(24)26-16-10-9-15-12-18(19-8-4-5-11-23-19)22(25)27-20(15)13-16/h2-13H,1H3. The summed E-state index contributed by atoms with van der Waals surface area (Å²) in [6.07, 6.45) is 1.62. The molecule has 5 heteroatoms. The monoisotopic (exact) mass is 357 g/mol. The van der Waals surface area contributed by atoms with Crippen LogP contribution in [0.2, 0.25) is 0 Å². The minimum atomic E-state index is -0.497. The lowest BCUT2D eigenvalue weighted by Gasteiger charge is -2.07. The van der Waals surface area contributed by atoms with E-state index < -0.39 is 11.6 Å². The minimum Gasteiger partial charge on any atom is -0.423 e. The molecule has 0 aliphatic carbocycles. The van der Waals surface area contributed by atoms with Gasteiger partial charge in [-0.3, -0.25) is 4.98 Å². The lowest BCUT2D eigenvalue weighted by Crippen LogP contribution is -2.10. The largest absolute Gasteiger partial charge is 0.423 e. The van der Waals surface area contributed by atoms with E-state index in [1.807, 2.05) is 19.1 Å². The van der Waals surface area contributed by atoms with Crippen LogP contribution in [0.3, 0.4) is 0 Å². The Labute approximate surface area is 154 Å². The predicted molar refractivity (Wildman–Crippen MR) is 102 cm³/mol. The number of benzene rings is 2. The molecule has 0 aliphatic heterocycles. The fourth-order valence-electron chi connectivity index (χ4n) is 2.82. The van der Waals surface area contributed by atoms with Crippen LogP contribution >= 0.6 is 0 Å². The summed E-state index contributed by atoms with van der Waals surface area (Å²) in [6, 6.07) is 19.2. The maximum Gasteiger partial charge on any atom is 0.345 e. The molecule has 2 aromatic heterocycles. The number of esters is 1. The van der Waals surface area contributed by atoms with E-state index in [1.54, 1.807) is 54.7 Å². The second-order valence-corrected chi connectivity index (χ2v) is 6.07. The number of hydrogen-bond donors (Lipinski definition) is 0. The van der Waals surface area contributed by atoms with Crippen molar-refractivity contribution in [2.24, 2.45) is 0 Å². The van der Waals surface area contributed by atoms with Crippen LogP contribution in [0.15, 0.2) is 82.1 Å². The number of carbonyl (C=O) groups is 1. The van der Waals surface area contributed by atoms with Crippen molar-refractivity contribution in [3.05, 3.63) is 94.5 Å². The van der Waals surface area contributed by atoms with E-state index in [9.17, 15) is 9.59 Å². The number of fused-ring (bicyclic) bond motifs is 1. The summed E-state index contributed by atoms with van der Waals surface area (Å²) < 4.78 is 10.8. The fraction of sp³-hybridized carbons (Fsp3) is 0.0455. The number of carbonyl (C=O) groups excluding carboxylic acids is 1. The normalized spacial score (nSPS) is 10.7. The minimum absolute atomic E-state index is 0.310. The number of ether oxygens (including phenoxy) is 1. The number of rotatable bonds is 3. The van der Waals surface area contributed by atoms with Gasteiger partial charge in [-0.15, -0.1) is 0 Å². The van der Waals surface area contributed by atoms with Crippen LogP contribution in [-0.4, -0.2) is 11.0 Å². The molecular weight excluding hydrogens is 342 g/mol. The molecule has 2 heterocycles. The van der Waals surface area contributed by atoms with Gasteiger partial charge in [-0.2, -0.15) is 0 Å². The molecule has 4 aromatic rings. The van der Waals surface area contributed by atoms with Crippen LogP contribution in [0.25, 0.3) is 22.2 Å². The Morgan fingerprint density at radius 1 is 1.00 bits per heavy atom. The third-order valence-electron chi connectivity index (χ3n) is 4.22. The van der Waals surface area contributed by atoms with E-state index in [0.29, 0.717) is 33.5 Å². The SMILES string of the molecule is Cc1ccccc1C(=O)Oc1ccc2cc(-c3ccccn3)c(=O)oc2c1. The van der Waals surface area contributed by atoms with E-state index in [-0.39, 0.29) is 0 Å². The molecule has 0 unspecified atom stereocenters. The van der Waals surface area contributed by atoms with Crippen molar-refractivity contribution >= 4 is 16.9 Å². The van der Waals surface area contributed by atoms with Crippen LogP contribution < -0.4 is 10.4 Å². The molecule has 4 rings (SSSR count).